The molecule has 17 heavy (non-hydrogen) atoms. The van der Waals surface area contributed by atoms with Crippen LogP contribution in [0.1, 0.15) is 46.0 Å². The molecule has 0 spiro atoms. The molecule has 3 heteroatoms. The first-order valence-corrected chi connectivity index (χ1v) is 6.97. The normalized spacial score (nSPS) is 43.4. The summed E-state index contributed by atoms with van der Waals surface area (Å²) in [6, 6.07) is 0. The molecule has 2 bridgehead atoms. The average molecular weight is 237 g/mol. The largest absolute Gasteiger partial charge is 0.392 e. The van der Waals surface area contributed by atoms with E-state index in [-0.39, 0.29) is 11.3 Å². The molecule has 1 heterocycles. The lowest BCUT2D eigenvalue weighted by atomic mass is 9.67. The third-order valence-electron chi connectivity index (χ3n) is 5.91. The van der Waals surface area contributed by atoms with Crippen molar-refractivity contribution in [2.45, 2.75) is 52.1 Å². The minimum atomic E-state index is -0.470. The highest BCUT2D eigenvalue weighted by molar-refractivity contribution is 5.85. The molecule has 0 aromatic rings. The lowest BCUT2D eigenvalue weighted by molar-refractivity contribution is -0.153. The van der Waals surface area contributed by atoms with E-state index in [1.807, 2.05) is 4.90 Å². The molecule has 3 rings (SSSR count). The number of likely N-dealkylation sites (tertiary alicyclic amines) is 1. The van der Waals surface area contributed by atoms with E-state index in [9.17, 15) is 9.90 Å². The minimum Gasteiger partial charge on any atom is -0.392 e. The number of aliphatic hydroxyl groups excluding tert-OH is 1. The number of aliphatic hydroxyl groups is 1. The van der Waals surface area contributed by atoms with Crippen molar-refractivity contribution < 1.29 is 9.90 Å². The molecule has 0 radical (unpaired) electrons. The maximum atomic E-state index is 12.8. The number of hydrogen-bond donors (Lipinski definition) is 1. The van der Waals surface area contributed by atoms with Gasteiger partial charge in [0, 0.05) is 13.1 Å². The molecule has 96 valence electrons. The van der Waals surface area contributed by atoms with Crippen molar-refractivity contribution in [3.05, 3.63) is 0 Å². The summed E-state index contributed by atoms with van der Waals surface area (Å²) in [5.41, 5.74) is -0.492. The lowest BCUT2D eigenvalue weighted by Crippen LogP contribution is -2.52. The maximum Gasteiger partial charge on any atom is 0.231 e. The zero-order chi connectivity index (χ0) is 12.3. The third kappa shape index (κ3) is 1.24. The van der Waals surface area contributed by atoms with Crippen LogP contribution in [-0.2, 0) is 4.79 Å². The van der Waals surface area contributed by atoms with Crippen molar-refractivity contribution in [2.24, 2.45) is 16.7 Å². The zero-order valence-corrected chi connectivity index (χ0v) is 10.9. The predicted molar refractivity (Wildman–Crippen MR) is 65.4 cm³/mol. The van der Waals surface area contributed by atoms with Crippen LogP contribution >= 0.6 is 0 Å². The van der Waals surface area contributed by atoms with Crippen molar-refractivity contribution >= 4 is 5.91 Å². The van der Waals surface area contributed by atoms with Crippen LogP contribution in [0.3, 0.4) is 0 Å². The predicted octanol–water partition coefficient (Wildman–Crippen LogP) is 1.80. The van der Waals surface area contributed by atoms with E-state index >= 15 is 0 Å². The summed E-state index contributed by atoms with van der Waals surface area (Å²) in [6.07, 6.45) is 4.67. The van der Waals surface area contributed by atoms with Gasteiger partial charge in [0.15, 0.2) is 0 Å². The molecule has 1 aliphatic heterocycles. The SMILES string of the molecule is CC1(C)[C@@H]2CC[C@@]1(C(=O)N1CCCC1)[C@H](O)C2. The van der Waals surface area contributed by atoms with Crippen LogP contribution in [0.4, 0.5) is 0 Å². The Morgan fingerprint density at radius 2 is 1.94 bits per heavy atom. The van der Waals surface area contributed by atoms with E-state index < -0.39 is 11.5 Å². The van der Waals surface area contributed by atoms with Crippen LogP contribution in [0.2, 0.25) is 0 Å². The van der Waals surface area contributed by atoms with Crippen molar-refractivity contribution in [3.8, 4) is 0 Å². The van der Waals surface area contributed by atoms with Crippen LogP contribution < -0.4 is 0 Å². The van der Waals surface area contributed by atoms with E-state index in [4.69, 9.17) is 0 Å². The quantitative estimate of drug-likeness (QED) is 0.755. The molecule has 2 aliphatic carbocycles. The van der Waals surface area contributed by atoms with Crippen molar-refractivity contribution in [1.82, 2.24) is 4.90 Å². The van der Waals surface area contributed by atoms with Gasteiger partial charge >= 0.3 is 0 Å². The van der Waals surface area contributed by atoms with Gasteiger partial charge in [0.1, 0.15) is 0 Å². The molecular weight excluding hydrogens is 214 g/mol. The Morgan fingerprint density at radius 1 is 1.29 bits per heavy atom. The molecule has 0 unspecified atom stereocenters. The highest BCUT2D eigenvalue weighted by atomic mass is 16.3. The molecule has 1 amide bonds. The van der Waals surface area contributed by atoms with Gasteiger partial charge in [-0.15, -0.1) is 0 Å². The van der Waals surface area contributed by atoms with Gasteiger partial charge in [-0.25, -0.2) is 0 Å². The standard InChI is InChI=1S/C14H23NO2/c1-13(2)10-5-6-14(13,11(16)9-10)12(17)15-7-3-4-8-15/h10-11,16H,3-9H2,1-2H3/t10-,11-,14+/m1/s1. The number of fused-ring (bicyclic) bond motifs is 2. The molecular formula is C14H23NO2. The van der Waals surface area contributed by atoms with Crippen molar-refractivity contribution in [1.29, 1.82) is 0 Å². The Hall–Kier alpha value is -0.570. The second kappa shape index (κ2) is 3.47. The van der Waals surface area contributed by atoms with Crippen LogP contribution in [-0.4, -0.2) is 35.1 Å². The Bertz CT molecular complexity index is 346. The summed E-state index contributed by atoms with van der Waals surface area (Å²) in [7, 11) is 0. The molecule has 0 aromatic heterocycles. The summed E-state index contributed by atoms with van der Waals surface area (Å²) in [5.74, 6) is 0.775. The molecule has 3 nitrogen and oxygen atoms in total. The molecule has 3 aliphatic rings. The smallest absolute Gasteiger partial charge is 0.231 e. The summed E-state index contributed by atoms with van der Waals surface area (Å²) in [5, 5.41) is 10.4. The van der Waals surface area contributed by atoms with Crippen LogP contribution in [0, 0.1) is 16.7 Å². The van der Waals surface area contributed by atoms with Gasteiger partial charge < -0.3 is 10.0 Å². The second-order valence-electron chi connectivity index (χ2n) is 6.68. The fourth-order valence-corrected chi connectivity index (χ4v) is 4.66. The van der Waals surface area contributed by atoms with Gasteiger partial charge in [0.25, 0.3) is 0 Å². The Balaban J connectivity index is 1.95. The third-order valence-corrected chi connectivity index (χ3v) is 5.91. The first-order valence-electron chi connectivity index (χ1n) is 6.97. The van der Waals surface area contributed by atoms with Crippen molar-refractivity contribution in [2.75, 3.05) is 13.1 Å². The topological polar surface area (TPSA) is 40.5 Å². The Morgan fingerprint density at radius 3 is 2.41 bits per heavy atom. The minimum absolute atomic E-state index is 0.0217. The summed E-state index contributed by atoms with van der Waals surface area (Å²) in [4.78, 5) is 14.8. The van der Waals surface area contributed by atoms with E-state index in [1.165, 1.54) is 0 Å². The van der Waals surface area contributed by atoms with E-state index in [1.54, 1.807) is 0 Å². The molecule has 0 aromatic carbocycles. The van der Waals surface area contributed by atoms with E-state index in [2.05, 4.69) is 13.8 Å². The van der Waals surface area contributed by atoms with Gasteiger partial charge in [-0.05, 0) is 43.4 Å². The fraction of sp³-hybridized carbons (Fsp3) is 0.929. The van der Waals surface area contributed by atoms with Gasteiger partial charge in [-0.2, -0.15) is 0 Å². The number of rotatable bonds is 1. The number of carbonyl (C=O) groups is 1. The van der Waals surface area contributed by atoms with Gasteiger partial charge in [0.05, 0.1) is 11.5 Å². The first-order chi connectivity index (χ1) is 8.00. The molecule has 2 saturated carbocycles. The van der Waals surface area contributed by atoms with Gasteiger partial charge in [-0.1, -0.05) is 13.8 Å². The Kier molecular flexibility index (Phi) is 2.35. The molecule has 1 saturated heterocycles. The molecule has 3 atom stereocenters. The first kappa shape index (κ1) is 11.5. The summed E-state index contributed by atoms with van der Waals surface area (Å²) < 4.78 is 0. The summed E-state index contributed by atoms with van der Waals surface area (Å²) in [6.45, 7) is 6.17. The average Bonchev–Trinajstić information content (AvgIpc) is 2.92. The highest BCUT2D eigenvalue weighted by Crippen LogP contribution is 2.66. The number of hydrogen-bond acceptors (Lipinski definition) is 2. The van der Waals surface area contributed by atoms with Crippen LogP contribution in [0.5, 0.6) is 0 Å². The van der Waals surface area contributed by atoms with Crippen molar-refractivity contribution in [3.63, 3.8) is 0 Å². The fourth-order valence-electron chi connectivity index (χ4n) is 4.66. The van der Waals surface area contributed by atoms with E-state index in [0.717, 1.165) is 45.2 Å². The molecule has 3 fully saturated rings. The summed E-state index contributed by atoms with van der Waals surface area (Å²) >= 11 is 0. The lowest BCUT2D eigenvalue weighted by Gasteiger charge is -2.41. The zero-order valence-electron chi connectivity index (χ0n) is 10.9. The maximum absolute atomic E-state index is 12.8. The number of nitrogens with zero attached hydrogens (tertiary/aromatic N) is 1. The van der Waals surface area contributed by atoms with Crippen LogP contribution in [0.25, 0.3) is 0 Å². The van der Waals surface area contributed by atoms with E-state index in [0.29, 0.717) is 5.92 Å². The highest BCUT2D eigenvalue weighted by Gasteiger charge is 2.68. The second-order valence-corrected chi connectivity index (χ2v) is 6.68. The van der Waals surface area contributed by atoms with Gasteiger partial charge in [-0.3, -0.25) is 4.79 Å². The molecule has 1 N–H and O–H groups in total. The van der Waals surface area contributed by atoms with Crippen LogP contribution in [0.15, 0.2) is 0 Å². The number of carbonyl (C=O) groups excluding carboxylic acids is 1. The Labute approximate surface area is 103 Å². The monoisotopic (exact) mass is 237 g/mol. The van der Waals surface area contributed by atoms with Gasteiger partial charge in [0.2, 0.25) is 5.91 Å². The number of amides is 1.